The molecule has 0 amide bonds. The van der Waals surface area contributed by atoms with Crippen LogP contribution in [0.3, 0.4) is 0 Å². The van der Waals surface area contributed by atoms with Gasteiger partial charge in [0.05, 0.1) is 17.1 Å². The maximum Gasteiger partial charge on any atom is 0.165 e. The van der Waals surface area contributed by atoms with E-state index in [1.807, 2.05) is 13.0 Å². The lowest BCUT2D eigenvalue weighted by Crippen LogP contribution is -2.08. The van der Waals surface area contributed by atoms with E-state index >= 15 is 0 Å². The average molecular weight is 326 g/mol. The number of aliphatic hydroxyl groups is 1. The fourth-order valence-electron chi connectivity index (χ4n) is 1.85. The van der Waals surface area contributed by atoms with Crippen molar-refractivity contribution in [2.45, 2.75) is 19.8 Å². The molecule has 1 aromatic heterocycles. The van der Waals surface area contributed by atoms with E-state index in [9.17, 15) is 10.2 Å². The first-order chi connectivity index (χ1) is 8.40. The van der Waals surface area contributed by atoms with Gasteiger partial charge in [0.1, 0.15) is 5.75 Å². The number of phenolic OH excluding ortho intramolecular Hbond substituents is 1. The van der Waals surface area contributed by atoms with E-state index in [1.165, 1.54) is 0 Å². The summed E-state index contributed by atoms with van der Waals surface area (Å²) in [6.45, 7) is 3.69. The van der Waals surface area contributed by atoms with E-state index in [0.717, 1.165) is 20.9 Å². The molecule has 2 N–H and O–H groups in total. The summed E-state index contributed by atoms with van der Waals surface area (Å²) >= 11 is 8.21. The Morgan fingerprint density at radius 2 is 2.06 bits per heavy atom. The fourth-order valence-corrected chi connectivity index (χ4v) is 2.65. The van der Waals surface area contributed by atoms with Gasteiger partial charge in [-0.1, -0.05) is 0 Å². The molecule has 1 unspecified atom stereocenters. The number of phenols is 1. The van der Waals surface area contributed by atoms with Gasteiger partial charge in [-0.3, -0.25) is 4.98 Å². The minimum absolute atomic E-state index is 0.0843. The molecule has 94 valence electrons. The molecule has 1 aromatic carbocycles. The first-order valence-electron chi connectivity index (χ1n) is 5.42. The third kappa shape index (κ3) is 2.33. The summed E-state index contributed by atoms with van der Waals surface area (Å²) in [6, 6.07) is 5.19. The van der Waals surface area contributed by atoms with Crippen LogP contribution in [0.1, 0.15) is 24.1 Å². The number of aryl methyl sites for hydroxylation is 1. The lowest BCUT2D eigenvalue weighted by molar-refractivity contribution is 0.475. The molecule has 1 heterocycles. The van der Waals surface area contributed by atoms with Crippen molar-refractivity contribution in [1.29, 1.82) is 0 Å². The summed E-state index contributed by atoms with van der Waals surface area (Å²) in [5, 5.41) is 19.7. The number of hydrogen-bond donors (Lipinski definition) is 2. The number of benzene rings is 1. The monoisotopic (exact) mass is 325 g/mol. The number of aliphatic hydroxyl groups excluding tert-OH is 1. The zero-order chi connectivity index (χ0) is 13.4. The lowest BCUT2D eigenvalue weighted by Gasteiger charge is -2.12. The van der Waals surface area contributed by atoms with Crippen molar-refractivity contribution < 1.29 is 10.2 Å². The van der Waals surface area contributed by atoms with E-state index in [2.05, 4.69) is 20.9 Å². The van der Waals surface area contributed by atoms with Crippen LogP contribution in [0.15, 0.2) is 22.7 Å². The van der Waals surface area contributed by atoms with Gasteiger partial charge < -0.3 is 10.2 Å². The van der Waals surface area contributed by atoms with E-state index in [0.29, 0.717) is 5.69 Å². The number of thiocarbonyl (C=S) groups is 1. The van der Waals surface area contributed by atoms with Crippen molar-refractivity contribution in [3.8, 4) is 5.75 Å². The molecule has 0 aliphatic carbocycles. The van der Waals surface area contributed by atoms with Crippen molar-refractivity contribution in [3.05, 3.63) is 33.9 Å². The Morgan fingerprint density at radius 1 is 1.39 bits per heavy atom. The van der Waals surface area contributed by atoms with Crippen LogP contribution in [-0.4, -0.2) is 20.2 Å². The predicted octanol–water partition coefficient (Wildman–Crippen LogP) is 4.00. The van der Waals surface area contributed by atoms with Crippen LogP contribution in [0.4, 0.5) is 0 Å². The zero-order valence-electron chi connectivity index (χ0n) is 9.94. The SMILES string of the molecule is Cc1cc(O)cc2cc(Br)c(C(C)C(O)=S)nc12. The van der Waals surface area contributed by atoms with Gasteiger partial charge in [0.15, 0.2) is 5.05 Å². The first-order valence-corrected chi connectivity index (χ1v) is 6.63. The van der Waals surface area contributed by atoms with Gasteiger partial charge in [-0.05, 0) is 65.8 Å². The number of rotatable bonds is 2. The minimum atomic E-state index is -0.313. The Labute approximate surface area is 119 Å². The second-order valence-electron chi connectivity index (χ2n) is 4.25. The summed E-state index contributed by atoms with van der Waals surface area (Å²) in [7, 11) is 0. The van der Waals surface area contributed by atoms with Crippen LogP contribution in [0.2, 0.25) is 0 Å². The van der Waals surface area contributed by atoms with Gasteiger partial charge in [0, 0.05) is 9.86 Å². The maximum atomic E-state index is 9.56. The number of pyridine rings is 1. The molecule has 0 saturated heterocycles. The highest BCUT2D eigenvalue weighted by Crippen LogP contribution is 2.30. The molecule has 0 radical (unpaired) electrons. The number of hydrogen-bond acceptors (Lipinski definition) is 3. The van der Waals surface area contributed by atoms with E-state index in [-0.39, 0.29) is 16.7 Å². The van der Waals surface area contributed by atoms with Crippen molar-refractivity contribution in [2.24, 2.45) is 0 Å². The first kappa shape index (κ1) is 13.2. The van der Waals surface area contributed by atoms with E-state index in [1.54, 1.807) is 19.1 Å². The zero-order valence-corrected chi connectivity index (χ0v) is 12.3. The second-order valence-corrected chi connectivity index (χ2v) is 5.52. The Kier molecular flexibility index (Phi) is 3.54. The third-order valence-corrected chi connectivity index (χ3v) is 3.84. The van der Waals surface area contributed by atoms with Crippen LogP contribution < -0.4 is 0 Å². The molecule has 0 aliphatic rings. The van der Waals surface area contributed by atoms with Gasteiger partial charge in [-0.2, -0.15) is 0 Å². The number of aromatic nitrogens is 1. The van der Waals surface area contributed by atoms with Crippen LogP contribution >= 0.6 is 28.1 Å². The number of fused-ring (bicyclic) bond motifs is 1. The average Bonchev–Trinajstić information content (AvgIpc) is 2.26. The molecule has 2 aromatic rings. The largest absolute Gasteiger partial charge is 0.508 e. The third-order valence-electron chi connectivity index (χ3n) is 2.85. The van der Waals surface area contributed by atoms with E-state index < -0.39 is 0 Å². The van der Waals surface area contributed by atoms with Crippen LogP contribution in [0.5, 0.6) is 5.75 Å². The van der Waals surface area contributed by atoms with Gasteiger partial charge in [-0.25, -0.2) is 0 Å². The van der Waals surface area contributed by atoms with Gasteiger partial charge in [0.2, 0.25) is 0 Å². The van der Waals surface area contributed by atoms with Crippen LogP contribution in [0, 0.1) is 6.92 Å². The number of aromatic hydroxyl groups is 1. The van der Waals surface area contributed by atoms with E-state index in [4.69, 9.17) is 12.2 Å². The fraction of sp³-hybridized carbons (Fsp3) is 0.231. The molecular formula is C13H12BrNO2S. The normalized spacial score (nSPS) is 12.6. The Bertz CT molecular complexity index is 642. The molecular weight excluding hydrogens is 314 g/mol. The molecule has 5 heteroatoms. The van der Waals surface area contributed by atoms with Crippen molar-refractivity contribution in [3.63, 3.8) is 0 Å². The minimum Gasteiger partial charge on any atom is -0.508 e. The summed E-state index contributed by atoms with van der Waals surface area (Å²) < 4.78 is 0.768. The summed E-state index contributed by atoms with van der Waals surface area (Å²) in [5.74, 6) is -0.0980. The van der Waals surface area contributed by atoms with Crippen molar-refractivity contribution >= 4 is 44.1 Å². The molecule has 3 nitrogen and oxygen atoms in total. The van der Waals surface area contributed by atoms with Crippen molar-refractivity contribution in [2.75, 3.05) is 0 Å². The van der Waals surface area contributed by atoms with Crippen LogP contribution in [0.25, 0.3) is 10.9 Å². The Hall–Kier alpha value is -1.20. The second kappa shape index (κ2) is 4.82. The molecule has 0 fully saturated rings. The summed E-state index contributed by atoms with van der Waals surface area (Å²) in [5.41, 5.74) is 2.38. The standard InChI is InChI=1S/C13H12BrNO2S/c1-6-3-9(16)4-8-5-10(14)12(15-11(6)8)7(2)13(17)18/h3-5,7,16H,1-2H3,(H,17,18). The molecule has 0 saturated carbocycles. The highest BCUT2D eigenvalue weighted by molar-refractivity contribution is 9.10. The summed E-state index contributed by atoms with van der Waals surface area (Å²) in [4.78, 5) is 4.53. The Balaban J connectivity index is 2.72. The number of halogens is 1. The molecule has 0 spiro atoms. The molecule has 0 aliphatic heterocycles. The summed E-state index contributed by atoms with van der Waals surface area (Å²) in [6.07, 6.45) is 0. The van der Waals surface area contributed by atoms with Gasteiger partial charge in [-0.15, -0.1) is 0 Å². The highest BCUT2D eigenvalue weighted by atomic mass is 79.9. The molecule has 0 bridgehead atoms. The van der Waals surface area contributed by atoms with Crippen LogP contribution in [-0.2, 0) is 0 Å². The quantitative estimate of drug-likeness (QED) is 0.819. The smallest absolute Gasteiger partial charge is 0.165 e. The van der Waals surface area contributed by atoms with Crippen molar-refractivity contribution in [1.82, 2.24) is 4.98 Å². The molecule has 18 heavy (non-hydrogen) atoms. The Morgan fingerprint density at radius 3 is 2.67 bits per heavy atom. The molecule has 2 rings (SSSR count). The number of nitrogens with zero attached hydrogens (tertiary/aromatic N) is 1. The predicted molar refractivity (Wildman–Crippen MR) is 79.5 cm³/mol. The maximum absolute atomic E-state index is 9.56. The molecule has 1 atom stereocenters. The van der Waals surface area contributed by atoms with Gasteiger partial charge in [0.25, 0.3) is 0 Å². The topological polar surface area (TPSA) is 53.4 Å². The van der Waals surface area contributed by atoms with Gasteiger partial charge >= 0.3 is 0 Å². The lowest BCUT2D eigenvalue weighted by atomic mass is 10.0. The highest BCUT2D eigenvalue weighted by Gasteiger charge is 2.17.